The van der Waals surface area contributed by atoms with Gasteiger partial charge in [0.15, 0.2) is 5.82 Å². The van der Waals surface area contributed by atoms with Crippen LogP contribution in [0.1, 0.15) is 51.6 Å². The van der Waals surface area contributed by atoms with Gasteiger partial charge in [0.2, 0.25) is 0 Å². The summed E-state index contributed by atoms with van der Waals surface area (Å²) >= 11 is 1.51. The Balaban J connectivity index is 1.54. The molecule has 1 N–H and O–H groups in total. The molecule has 1 amide bonds. The first kappa shape index (κ1) is 15.8. The minimum Gasteiger partial charge on any atom is -0.384 e. The van der Waals surface area contributed by atoms with Crippen LogP contribution >= 0.6 is 11.3 Å². The minimum atomic E-state index is 0.119. The molecule has 1 saturated heterocycles. The van der Waals surface area contributed by atoms with E-state index in [0.29, 0.717) is 25.6 Å². The third kappa shape index (κ3) is 2.86. The van der Waals surface area contributed by atoms with Crippen LogP contribution in [0.25, 0.3) is 0 Å². The highest BCUT2D eigenvalue weighted by Crippen LogP contribution is 2.39. The number of nitrogens with one attached hydrogen (secondary N) is 1. The molecule has 3 heterocycles. The summed E-state index contributed by atoms with van der Waals surface area (Å²) in [4.78, 5) is 20.3. The molecule has 1 aliphatic heterocycles. The van der Waals surface area contributed by atoms with E-state index in [2.05, 4.69) is 10.2 Å². The summed E-state index contributed by atoms with van der Waals surface area (Å²) in [6, 6.07) is 2.00. The average molecular weight is 346 g/mol. The Morgan fingerprint density at radius 3 is 2.96 bits per heavy atom. The van der Waals surface area contributed by atoms with Crippen LogP contribution in [-0.2, 0) is 4.74 Å². The van der Waals surface area contributed by atoms with Gasteiger partial charge in [-0.05, 0) is 36.8 Å². The molecular weight excluding hydrogens is 324 g/mol. The van der Waals surface area contributed by atoms with Crippen LogP contribution in [0.2, 0.25) is 0 Å². The van der Waals surface area contributed by atoms with Gasteiger partial charge in [-0.25, -0.2) is 4.98 Å². The number of rotatable bonds is 5. The maximum atomic E-state index is 12.8. The van der Waals surface area contributed by atoms with Gasteiger partial charge in [0, 0.05) is 38.0 Å². The third-order valence-corrected chi connectivity index (χ3v) is 5.98. The van der Waals surface area contributed by atoms with Gasteiger partial charge in [0.1, 0.15) is 5.82 Å². The maximum absolute atomic E-state index is 12.8. The Hall–Kier alpha value is -1.73. The predicted octanol–water partition coefficient (Wildman–Crippen LogP) is 2.55. The van der Waals surface area contributed by atoms with Crippen LogP contribution in [0.5, 0.6) is 0 Å². The molecule has 0 unspecified atom stereocenters. The summed E-state index contributed by atoms with van der Waals surface area (Å²) in [5, 5.41) is 9.46. The van der Waals surface area contributed by atoms with Crippen molar-refractivity contribution in [2.24, 2.45) is 5.92 Å². The number of hydrogen-bond acceptors (Lipinski definition) is 5. The SMILES string of the molecule is COC[C@@H]1CN(C(=O)c2sccc2C)C[C@H]1c1nc(C2CC2)n[nH]1. The second-order valence-corrected chi connectivity index (χ2v) is 7.73. The van der Waals surface area contributed by atoms with E-state index in [-0.39, 0.29) is 17.7 Å². The number of amides is 1. The standard InChI is InChI=1S/C17H22N4O2S/c1-10-5-6-24-14(10)17(22)21-7-12(9-23-2)13(8-21)16-18-15(19-20-16)11-3-4-11/h5-6,11-13H,3-4,7-9H2,1-2H3,(H,18,19,20)/t12-,13+/m0/s1. The van der Waals surface area contributed by atoms with Crippen molar-refractivity contribution in [3.8, 4) is 0 Å². The minimum absolute atomic E-state index is 0.119. The lowest BCUT2D eigenvalue weighted by molar-refractivity contribution is 0.0779. The summed E-state index contributed by atoms with van der Waals surface area (Å²) in [6.07, 6.45) is 2.37. The Labute approximate surface area is 145 Å². The number of nitrogens with zero attached hydrogens (tertiary/aromatic N) is 3. The van der Waals surface area contributed by atoms with E-state index in [0.717, 1.165) is 22.1 Å². The largest absolute Gasteiger partial charge is 0.384 e. The summed E-state index contributed by atoms with van der Waals surface area (Å²) in [5.41, 5.74) is 1.05. The van der Waals surface area contributed by atoms with E-state index in [1.165, 1.54) is 24.2 Å². The van der Waals surface area contributed by atoms with Gasteiger partial charge in [0.25, 0.3) is 5.91 Å². The molecular formula is C17H22N4O2S. The number of likely N-dealkylation sites (tertiary alicyclic amines) is 1. The molecule has 0 spiro atoms. The van der Waals surface area contributed by atoms with Crippen molar-refractivity contribution < 1.29 is 9.53 Å². The molecule has 2 atom stereocenters. The molecule has 2 aromatic rings. The first-order chi connectivity index (χ1) is 11.7. The second kappa shape index (κ2) is 6.29. The number of carbonyl (C=O) groups excluding carboxylic acids is 1. The molecule has 1 aliphatic carbocycles. The van der Waals surface area contributed by atoms with Gasteiger partial charge in [-0.15, -0.1) is 11.3 Å². The van der Waals surface area contributed by atoms with Gasteiger partial charge >= 0.3 is 0 Å². The normalized spacial score (nSPS) is 23.8. The van der Waals surface area contributed by atoms with Crippen LogP contribution in [-0.4, -0.2) is 52.8 Å². The number of hydrogen-bond donors (Lipinski definition) is 1. The van der Waals surface area contributed by atoms with Gasteiger partial charge in [-0.1, -0.05) is 0 Å². The van der Waals surface area contributed by atoms with Crippen molar-refractivity contribution in [1.29, 1.82) is 0 Å². The molecule has 128 valence electrons. The summed E-state index contributed by atoms with van der Waals surface area (Å²) in [5.74, 6) is 2.89. The number of carbonyl (C=O) groups is 1. The zero-order valence-electron chi connectivity index (χ0n) is 14.0. The molecule has 0 radical (unpaired) electrons. The molecule has 0 bridgehead atoms. The fourth-order valence-corrected chi connectivity index (χ4v) is 4.34. The van der Waals surface area contributed by atoms with Gasteiger partial charge in [-0.3, -0.25) is 9.89 Å². The highest BCUT2D eigenvalue weighted by Gasteiger charge is 2.39. The fourth-order valence-electron chi connectivity index (χ4n) is 3.44. The van der Waals surface area contributed by atoms with Crippen molar-refractivity contribution in [2.45, 2.75) is 31.6 Å². The second-order valence-electron chi connectivity index (χ2n) is 6.82. The van der Waals surface area contributed by atoms with Crippen molar-refractivity contribution in [3.63, 3.8) is 0 Å². The molecule has 2 fully saturated rings. The van der Waals surface area contributed by atoms with E-state index >= 15 is 0 Å². The molecule has 6 nitrogen and oxygen atoms in total. The molecule has 24 heavy (non-hydrogen) atoms. The van der Waals surface area contributed by atoms with E-state index in [9.17, 15) is 4.79 Å². The van der Waals surface area contributed by atoms with Gasteiger partial charge in [0.05, 0.1) is 11.5 Å². The summed E-state index contributed by atoms with van der Waals surface area (Å²) < 4.78 is 5.39. The zero-order valence-corrected chi connectivity index (χ0v) is 14.8. The molecule has 2 aromatic heterocycles. The molecule has 0 aromatic carbocycles. The number of aromatic nitrogens is 3. The summed E-state index contributed by atoms with van der Waals surface area (Å²) in [6.45, 7) is 3.98. The van der Waals surface area contributed by atoms with Crippen LogP contribution < -0.4 is 0 Å². The van der Waals surface area contributed by atoms with Crippen LogP contribution in [0.15, 0.2) is 11.4 Å². The Morgan fingerprint density at radius 2 is 2.29 bits per heavy atom. The fraction of sp³-hybridized carbons (Fsp3) is 0.588. The highest BCUT2D eigenvalue weighted by atomic mass is 32.1. The topological polar surface area (TPSA) is 71.1 Å². The van der Waals surface area contributed by atoms with Crippen molar-refractivity contribution in [2.75, 3.05) is 26.8 Å². The van der Waals surface area contributed by atoms with E-state index in [1.54, 1.807) is 7.11 Å². The number of H-pyrrole nitrogens is 1. The Bertz CT molecular complexity index is 737. The van der Waals surface area contributed by atoms with E-state index in [4.69, 9.17) is 9.72 Å². The number of ether oxygens (including phenoxy) is 1. The van der Waals surface area contributed by atoms with Crippen molar-refractivity contribution >= 4 is 17.2 Å². The first-order valence-electron chi connectivity index (χ1n) is 8.42. The van der Waals surface area contributed by atoms with Gasteiger partial charge < -0.3 is 9.64 Å². The van der Waals surface area contributed by atoms with Crippen molar-refractivity contribution in [3.05, 3.63) is 33.5 Å². The smallest absolute Gasteiger partial charge is 0.264 e. The lowest BCUT2D eigenvalue weighted by atomic mass is 9.96. The predicted molar refractivity (Wildman–Crippen MR) is 91.4 cm³/mol. The van der Waals surface area contributed by atoms with Crippen LogP contribution in [0.3, 0.4) is 0 Å². The lowest BCUT2D eigenvalue weighted by Crippen LogP contribution is -2.29. The van der Waals surface area contributed by atoms with Crippen LogP contribution in [0, 0.1) is 12.8 Å². The number of methoxy groups -OCH3 is 1. The highest BCUT2D eigenvalue weighted by molar-refractivity contribution is 7.12. The average Bonchev–Trinajstić information content (AvgIpc) is 2.99. The molecule has 2 aliphatic rings. The third-order valence-electron chi connectivity index (χ3n) is 4.98. The Kier molecular flexibility index (Phi) is 4.14. The van der Waals surface area contributed by atoms with Crippen LogP contribution in [0.4, 0.5) is 0 Å². The lowest BCUT2D eigenvalue weighted by Gasteiger charge is -2.15. The number of aromatic amines is 1. The number of thiophene rings is 1. The first-order valence-corrected chi connectivity index (χ1v) is 9.29. The number of aryl methyl sites for hydroxylation is 1. The molecule has 7 heteroatoms. The zero-order chi connectivity index (χ0) is 16.7. The summed E-state index contributed by atoms with van der Waals surface area (Å²) in [7, 11) is 1.71. The van der Waals surface area contributed by atoms with E-state index in [1.807, 2.05) is 23.3 Å². The van der Waals surface area contributed by atoms with Crippen molar-refractivity contribution in [1.82, 2.24) is 20.1 Å². The van der Waals surface area contributed by atoms with E-state index < -0.39 is 0 Å². The monoisotopic (exact) mass is 346 g/mol. The Morgan fingerprint density at radius 1 is 1.46 bits per heavy atom. The van der Waals surface area contributed by atoms with Gasteiger partial charge in [-0.2, -0.15) is 5.10 Å². The molecule has 4 rings (SSSR count). The quantitative estimate of drug-likeness (QED) is 0.903. The maximum Gasteiger partial charge on any atom is 0.264 e. The molecule has 1 saturated carbocycles.